The van der Waals surface area contributed by atoms with Gasteiger partial charge in [0.2, 0.25) is 5.91 Å². The molecule has 4 nitrogen and oxygen atoms in total. The molecule has 0 aliphatic heterocycles. The minimum Gasteiger partial charge on any atom is -0.431 e. The number of rotatable bonds is 5. The number of alkyl halides is 1. The Bertz CT molecular complexity index is 350. The second kappa shape index (κ2) is 5.89. The third-order valence-corrected chi connectivity index (χ3v) is 2.38. The molecule has 90 valence electrons. The zero-order valence-corrected chi connectivity index (χ0v) is 10.6. The van der Waals surface area contributed by atoms with Gasteiger partial charge in [0.15, 0.2) is 0 Å². The normalized spacial score (nSPS) is 10.8. The van der Waals surface area contributed by atoms with Crippen molar-refractivity contribution < 1.29 is 9.21 Å². The molecule has 0 spiro atoms. The maximum absolute atomic E-state index is 11.9. The van der Waals surface area contributed by atoms with E-state index in [1.165, 1.54) is 6.26 Å². The van der Waals surface area contributed by atoms with Crippen molar-refractivity contribution in [1.82, 2.24) is 4.98 Å². The highest BCUT2D eigenvalue weighted by molar-refractivity contribution is 6.17. The summed E-state index contributed by atoms with van der Waals surface area (Å²) in [5, 5.41) is 0. The largest absolute Gasteiger partial charge is 0.431 e. The fourth-order valence-electron chi connectivity index (χ4n) is 1.30. The molecule has 1 rings (SSSR count). The summed E-state index contributed by atoms with van der Waals surface area (Å²) in [5.41, 5.74) is 0.766. The summed E-state index contributed by atoms with van der Waals surface area (Å²) in [7, 11) is 0. The predicted molar refractivity (Wildman–Crippen MR) is 63.8 cm³/mol. The Morgan fingerprint density at radius 2 is 2.31 bits per heavy atom. The molecule has 5 heteroatoms. The van der Waals surface area contributed by atoms with Crippen LogP contribution in [-0.2, 0) is 4.79 Å². The number of carbonyl (C=O) groups is 1. The summed E-state index contributed by atoms with van der Waals surface area (Å²) in [6, 6.07) is 0.362. The monoisotopic (exact) mass is 244 g/mol. The summed E-state index contributed by atoms with van der Waals surface area (Å²) >= 11 is 5.63. The number of amides is 1. The van der Waals surface area contributed by atoms with Crippen LogP contribution in [0.25, 0.3) is 0 Å². The van der Waals surface area contributed by atoms with E-state index in [1.54, 1.807) is 4.90 Å². The Morgan fingerprint density at radius 1 is 1.62 bits per heavy atom. The fraction of sp³-hybridized carbons (Fsp3) is 0.636. The van der Waals surface area contributed by atoms with Crippen LogP contribution in [0.15, 0.2) is 10.7 Å². The third kappa shape index (κ3) is 3.23. The van der Waals surface area contributed by atoms with Crippen molar-refractivity contribution in [3.8, 4) is 0 Å². The van der Waals surface area contributed by atoms with Crippen LogP contribution in [-0.4, -0.2) is 23.3 Å². The van der Waals surface area contributed by atoms with Crippen LogP contribution in [0.4, 0.5) is 6.01 Å². The zero-order chi connectivity index (χ0) is 12.1. The second-order valence-electron chi connectivity index (χ2n) is 3.96. The minimum absolute atomic E-state index is 0.00645. The Labute approximate surface area is 101 Å². The molecule has 0 aromatic carbocycles. The highest BCUT2D eigenvalue weighted by Gasteiger charge is 2.22. The molecule has 1 amide bonds. The number of oxazole rings is 1. The smallest absolute Gasteiger partial charge is 0.304 e. The lowest BCUT2D eigenvalue weighted by molar-refractivity contribution is -0.121. The van der Waals surface area contributed by atoms with Crippen LogP contribution >= 0.6 is 11.6 Å². The Balaban J connectivity index is 2.82. The van der Waals surface area contributed by atoms with Gasteiger partial charge in [-0.05, 0) is 13.3 Å². The fourth-order valence-corrected chi connectivity index (χ4v) is 1.41. The van der Waals surface area contributed by atoms with Gasteiger partial charge in [-0.3, -0.25) is 9.69 Å². The number of nitrogens with zero attached hydrogens (tertiary/aromatic N) is 2. The van der Waals surface area contributed by atoms with Crippen molar-refractivity contribution in [2.45, 2.75) is 27.2 Å². The van der Waals surface area contributed by atoms with E-state index in [-0.39, 0.29) is 11.8 Å². The molecule has 1 aromatic rings. The molecule has 0 aliphatic rings. The lowest BCUT2D eigenvalue weighted by Crippen LogP contribution is -2.35. The summed E-state index contributed by atoms with van der Waals surface area (Å²) in [6.07, 6.45) is 2.26. The first-order valence-electron chi connectivity index (χ1n) is 5.35. The summed E-state index contributed by atoms with van der Waals surface area (Å²) in [4.78, 5) is 17.7. The van der Waals surface area contributed by atoms with Gasteiger partial charge in [-0.25, -0.2) is 0 Å². The van der Waals surface area contributed by atoms with Gasteiger partial charge in [0.25, 0.3) is 0 Å². The average Bonchev–Trinajstić information content (AvgIpc) is 2.65. The van der Waals surface area contributed by atoms with E-state index in [0.29, 0.717) is 18.4 Å². The molecular weight excluding hydrogens is 228 g/mol. The number of hydrogen-bond acceptors (Lipinski definition) is 3. The van der Waals surface area contributed by atoms with Crippen LogP contribution in [0.2, 0.25) is 0 Å². The quantitative estimate of drug-likeness (QED) is 0.748. The van der Waals surface area contributed by atoms with Crippen LogP contribution in [0.3, 0.4) is 0 Å². The molecule has 0 atom stereocenters. The molecule has 1 heterocycles. The SMILES string of the molecule is Cc1coc(N(CCCCl)C(=O)C(C)C)n1. The molecule has 0 saturated carbocycles. The van der Waals surface area contributed by atoms with E-state index in [4.69, 9.17) is 16.0 Å². The molecule has 0 unspecified atom stereocenters. The number of aromatic nitrogens is 1. The van der Waals surface area contributed by atoms with Gasteiger partial charge < -0.3 is 4.42 Å². The standard InChI is InChI=1S/C11H17ClN2O2/c1-8(2)10(15)14(6-4-5-12)11-13-9(3)7-16-11/h7-8H,4-6H2,1-3H3. The van der Waals surface area contributed by atoms with E-state index < -0.39 is 0 Å². The van der Waals surface area contributed by atoms with Gasteiger partial charge in [-0.1, -0.05) is 13.8 Å². The lowest BCUT2D eigenvalue weighted by Gasteiger charge is -2.20. The molecule has 0 saturated heterocycles. The first kappa shape index (κ1) is 13.0. The number of hydrogen-bond donors (Lipinski definition) is 0. The molecule has 0 aliphatic carbocycles. The first-order valence-corrected chi connectivity index (χ1v) is 5.89. The van der Waals surface area contributed by atoms with Gasteiger partial charge in [0.05, 0.1) is 5.69 Å². The van der Waals surface area contributed by atoms with Gasteiger partial charge in [-0.2, -0.15) is 4.98 Å². The van der Waals surface area contributed by atoms with E-state index >= 15 is 0 Å². The highest BCUT2D eigenvalue weighted by atomic mass is 35.5. The number of carbonyl (C=O) groups excluding carboxylic acids is 1. The Hall–Kier alpha value is -1.03. The summed E-state index contributed by atoms with van der Waals surface area (Å²) in [5.74, 6) is 0.441. The van der Waals surface area contributed by atoms with Gasteiger partial charge in [0, 0.05) is 18.3 Å². The van der Waals surface area contributed by atoms with E-state index in [2.05, 4.69) is 4.98 Å². The summed E-state index contributed by atoms with van der Waals surface area (Å²) in [6.45, 7) is 6.07. The van der Waals surface area contributed by atoms with E-state index in [0.717, 1.165) is 12.1 Å². The second-order valence-corrected chi connectivity index (χ2v) is 4.34. The van der Waals surface area contributed by atoms with Crippen molar-refractivity contribution in [1.29, 1.82) is 0 Å². The lowest BCUT2D eigenvalue weighted by atomic mass is 10.2. The van der Waals surface area contributed by atoms with Crippen LogP contribution < -0.4 is 4.90 Å². The van der Waals surface area contributed by atoms with E-state index in [9.17, 15) is 4.79 Å². The molecule has 0 bridgehead atoms. The maximum atomic E-state index is 11.9. The number of anilines is 1. The minimum atomic E-state index is -0.0810. The Kier molecular flexibility index (Phi) is 4.80. The van der Waals surface area contributed by atoms with Gasteiger partial charge >= 0.3 is 6.01 Å². The molecule has 0 radical (unpaired) electrons. The molecule has 0 N–H and O–H groups in total. The van der Waals surface area contributed by atoms with Crippen LogP contribution in [0.1, 0.15) is 26.0 Å². The third-order valence-electron chi connectivity index (χ3n) is 2.11. The van der Waals surface area contributed by atoms with E-state index in [1.807, 2.05) is 20.8 Å². The van der Waals surface area contributed by atoms with Crippen LogP contribution in [0, 0.1) is 12.8 Å². The predicted octanol–water partition coefficient (Wildman–Crippen LogP) is 2.60. The molecule has 16 heavy (non-hydrogen) atoms. The topological polar surface area (TPSA) is 46.3 Å². The number of aryl methyl sites for hydroxylation is 1. The number of halogens is 1. The summed E-state index contributed by atoms with van der Waals surface area (Å²) < 4.78 is 5.25. The average molecular weight is 245 g/mol. The molecule has 1 aromatic heterocycles. The molecular formula is C11H17ClN2O2. The van der Waals surface area contributed by atoms with Crippen molar-refractivity contribution in [2.75, 3.05) is 17.3 Å². The zero-order valence-electron chi connectivity index (χ0n) is 9.86. The molecule has 0 fully saturated rings. The van der Waals surface area contributed by atoms with Crippen molar-refractivity contribution >= 4 is 23.5 Å². The first-order chi connectivity index (χ1) is 7.56. The van der Waals surface area contributed by atoms with Crippen molar-refractivity contribution in [3.05, 3.63) is 12.0 Å². The van der Waals surface area contributed by atoms with Crippen molar-refractivity contribution in [3.63, 3.8) is 0 Å². The highest BCUT2D eigenvalue weighted by Crippen LogP contribution is 2.16. The van der Waals surface area contributed by atoms with Gasteiger partial charge in [-0.15, -0.1) is 11.6 Å². The maximum Gasteiger partial charge on any atom is 0.304 e. The Morgan fingerprint density at radius 3 is 2.75 bits per heavy atom. The van der Waals surface area contributed by atoms with Crippen LogP contribution in [0.5, 0.6) is 0 Å². The van der Waals surface area contributed by atoms with Crippen molar-refractivity contribution in [2.24, 2.45) is 5.92 Å². The van der Waals surface area contributed by atoms with Gasteiger partial charge in [0.1, 0.15) is 6.26 Å².